The van der Waals surface area contributed by atoms with Crippen LogP contribution in [0.2, 0.25) is 0 Å². The standard InChI is InChI=1S/C16H26N2O2/c1-12(11-13-5-6-13)18-10-7-14(19)17-16(15(18)20)8-3-2-4-9-16/h12-13H,2-11H2,1H3,(H,17,19). The zero-order chi connectivity index (χ0) is 14.2. The van der Waals surface area contributed by atoms with Crippen LogP contribution in [-0.2, 0) is 9.59 Å². The molecular formula is C16H26N2O2. The molecule has 3 rings (SSSR count). The summed E-state index contributed by atoms with van der Waals surface area (Å²) in [6, 6.07) is 0.279. The van der Waals surface area contributed by atoms with Crippen molar-refractivity contribution in [3.05, 3.63) is 0 Å². The molecule has 4 heteroatoms. The van der Waals surface area contributed by atoms with Crippen LogP contribution in [0.1, 0.15) is 64.7 Å². The Morgan fingerprint density at radius 1 is 1.25 bits per heavy atom. The van der Waals surface area contributed by atoms with Crippen LogP contribution in [0.3, 0.4) is 0 Å². The van der Waals surface area contributed by atoms with Gasteiger partial charge in [0.05, 0.1) is 0 Å². The van der Waals surface area contributed by atoms with E-state index in [0.29, 0.717) is 13.0 Å². The van der Waals surface area contributed by atoms with Crippen molar-refractivity contribution in [2.45, 2.75) is 76.3 Å². The van der Waals surface area contributed by atoms with Crippen LogP contribution in [0.25, 0.3) is 0 Å². The molecule has 2 saturated carbocycles. The fourth-order valence-electron chi connectivity index (χ4n) is 3.86. The Hall–Kier alpha value is -1.06. The molecule has 1 spiro atoms. The molecule has 20 heavy (non-hydrogen) atoms. The molecule has 0 bridgehead atoms. The molecule has 3 fully saturated rings. The average Bonchev–Trinajstić information content (AvgIpc) is 3.23. The van der Waals surface area contributed by atoms with Crippen LogP contribution in [0, 0.1) is 5.92 Å². The highest BCUT2D eigenvalue weighted by atomic mass is 16.2. The molecule has 2 aliphatic carbocycles. The first-order chi connectivity index (χ1) is 9.61. The smallest absolute Gasteiger partial charge is 0.248 e. The summed E-state index contributed by atoms with van der Waals surface area (Å²) in [4.78, 5) is 27.0. The van der Waals surface area contributed by atoms with Crippen molar-refractivity contribution < 1.29 is 9.59 Å². The van der Waals surface area contributed by atoms with Crippen LogP contribution < -0.4 is 5.32 Å². The van der Waals surface area contributed by atoms with E-state index in [4.69, 9.17) is 0 Å². The first-order valence-electron chi connectivity index (χ1n) is 8.23. The average molecular weight is 278 g/mol. The summed E-state index contributed by atoms with van der Waals surface area (Å²) in [5.74, 6) is 1.06. The van der Waals surface area contributed by atoms with Gasteiger partial charge in [0.2, 0.25) is 11.8 Å². The van der Waals surface area contributed by atoms with Gasteiger partial charge in [-0.15, -0.1) is 0 Å². The van der Waals surface area contributed by atoms with E-state index in [0.717, 1.165) is 38.0 Å². The predicted octanol–water partition coefficient (Wildman–Crippen LogP) is 2.23. The van der Waals surface area contributed by atoms with Gasteiger partial charge in [0.15, 0.2) is 0 Å². The lowest BCUT2D eigenvalue weighted by Gasteiger charge is -2.40. The molecular weight excluding hydrogens is 252 g/mol. The van der Waals surface area contributed by atoms with Gasteiger partial charge in [-0.05, 0) is 32.1 Å². The van der Waals surface area contributed by atoms with Gasteiger partial charge in [-0.25, -0.2) is 0 Å². The number of amides is 2. The maximum Gasteiger partial charge on any atom is 0.248 e. The van der Waals surface area contributed by atoms with E-state index in [9.17, 15) is 9.59 Å². The van der Waals surface area contributed by atoms with E-state index >= 15 is 0 Å². The fourth-order valence-corrected chi connectivity index (χ4v) is 3.86. The Kier molecular flexibility index (Phi) is 3.74. The number of hydrogen-bond donors (Lipinski definition) is 1. The second-order valence-electron chi connectivity index (χ2n) is 6.97. The van der Waals surface area contributed by atoms with Crippen molar-refractivity contribution in [1.29, 1.82) is 0 Å². The Labute approximate surface area is 121 Å². The van der Waals surface area contributed by atoms with Crippen molar-refractivity contribution in [2.75, 3.05) is 6.54 Å². The van der Waals surface area contributed by atoms with E-state index < -0.39 is 5.54 Å². The molecule has 1 aliphatic heterocycles. The van der Waals surface area contributed by atoms with Crippen molar-refractivity contribution in [3.63, 3.8) is 0 Å². The second kappa shape index (κ2) is 5.38. The molecule has 1 N–H and O–H groups in total. The first kappa shape index (κ1) is 13.9. The lowest BCUT2D eigenvalue weighted by atomic mass is 9.80. The molecule has 1 unspecified atom stereocenters. The number of carbonyl (C=O) groups excluding carboxylic acids is 2. The van der Waals surface area contributed by atoms with Gasteiger partial charge in [-0.1, -0.05) is 32.1 Å². The molecule has 1 atom stereocenters. The molecule has 0 aromatic rings. The first-order valence-corrected chi connectivity index (χ1v) is 8.23. The third-order valence-corrected chi connectivity index (χ3v) is 5.24. The highest BCUT2D eigenvalue weighted by molar-refractivity contribution is 5.93. The molecule has 112 valence electrons. The number of hydrogen-bond acceptors (Lipinski definition) is 2. The largest absolute Gasteiger partial charge is 0.342 e. The van der Waals surface area contributed by atoms with Crippen LogP contribution in [0.15, 0.2) is 0 Å². The third kappa shape index (κ3) is 2.70. The zero-order valence-corrected chi connectivity index (χ0v) is 12.5. The molecule has 0 radical (unpaired) electrons. The number of rotatable bonds is 3. The lowest BCUT2D eigenvalue weighted by Crippen LogP contribution is -2.59. The minimum atomic E-state index is -0.580. The summed E-state index contributed by atoms with van der Waals surface area (Å²) in [5, 5.41) is 3.07. The molecule has 1 heterocycles. The summed E-state index contributed by atoms with van der Waals surface area (Å²) >= 11 is 0. The third-order valence-electron chi connectivity index (χ3n) is 5.24. The van der Waals surface area contributed by atoms with Gasteiger partial charge in [0.25, 0.3) is 0 Å². The Balaban J connectivity index is 1.78. The molecule has 0 aromatic heterocycles. The van der Waals surface area contributed by atoms with Gasteiger partial charge in [-0.2, -0.15) is 0 Å². The monoisotopic (exact) mass is 278 g/mol. The Bertz CT molecular complexity index is 397. The molecule has 1 saturated heterocycles. The lowest BCUT2D eigenvalue weighted by molar-refractivity contribution is -0.142. The minimum Gasteiger partial charge on any atom is -0.342 e. The van der Waals surface area contributed by atoms with E-state index in [2.05, 4.69) is 12.2 Å². The highest BCUT2D eigenvalue weighted by Gasteiger charge is 2.46. The van der Waals surface area contributed by atoms with Gasteiger partial charge in [0.1, 0.15) is 5.54 Å². The van der Waals surface area contributed by atoms with Crippen LogP contribution in [0.4, 0.5) is 0 Å². The maximum atomic E-state index is 13.0. The van der Waals surface area contributed by atoms with Crippen molar-refractivity contribution in [2.24, 2.45) is 5.92 Å². The topological polar surface area (TPSA) is 49.4 Å². The summed E-state index contributed by atoms with van der Waals surface area (Å²) < 4.78 is 0. The highest BCUT2D eigenvalue weighted by Crippen LogP contribution is 2.37. The number of carbonyl (C=O) groups is 2. The van der Waals surface area contributed by atoms with Crippen molar-refractivity contribution >= 4 is 11.8 Å². The Morgan fingerprint density at radius 2 is 1.95 bits per heavy atom. The summed E-state index contributed by atoms with van der Waals surface area (Å²) in [6.45, 7) is 2.75. The quantitative estimate of drug-likeness (QED) is 0.860. The second-order valence-corrected chi connectivity index (χ2v) is 6.97. The minimum absolute atomic E-state index is 0.0568. The van der Waals surface area contributed by atoms with Gasteiger partial charge in [0, 0.05) is 19.0 Å². The number of nitrogens with zero attached hydrogens (tertiary/aromatic N) is 1. The van der Waals surface area contributed by atoms with Crippen molar-refractivity contribution in [3.8, 4) is 0 Å². The van der Waals surface area contributed by atoms with Gasteiger partial charge < -0.3 is 10.2 Å². The predicted molar refractivity (Wildman–Crippen MR) is 77.1 cm³/mol. The molecule has 3 aliphatic rings. The summed E-state index contributed by atoms with van der Waals surface area (Å²) in [7, 11) is 0. The van der Waals surface area contributed by atoms with E-state index in [-0.39, 0.29) is 17.9 Å². The molecule has 2 amide bonds. The molecule has 0 aromatic carbocycles. The number of nitrogens with one attached hydrogen (secondary N) is 1. The Morgan fingerprint density at radius 3 is 2.60 bits per heavy atom. The summed E-state index contributed by atoms with van der Waals surface area (Å²) in [6.07, 6.45) is 9.13. The van der Waals surface area contributed by atoms with E-state index in [1.807, 2.05) is 4.90 Å². The molecule has 4 nitrogen and oxygen atoms in total. The fraction of sp³-hybridized carbons (Fsp3) is 0.875. The van der Waals surface area contributed by atoms with Gasteiger partial charge >= 0.3 is 0 Å². The van der Waals surface area contributed by atoms with Crippen LogP contribution in [0.5, 0.6) is 0 Å². The summed E-state index contributed by atoms with van der Waals surface area (Å²) in [5.41, 5.74) is -0.580. The normalized spacial score (nSPS) is 28.1. The van der Waals surface area contributed by atoms with Crippen molar-refractivity contribution in [1.82, 2.24) is 10.2 Å². The zero-order valence-electron chi connectivity index (χ0n) is 12.5. The van der Waals surface area contributed by atoms with Crippen LogP contribution >= 0.6 is 0 Å². The van der Waals surface area contributed by atoms with E-state index in [1.165, 1.54) is 19.3 Å². The van der Waals surface area contributed by atoms with Crippen LogP contribution in [-0.4, -0.2) is 34.8 Å². The maximum absolute atomic E-state index is 13.0. The van der Waals surface area contributed by atoms with E-state index in [1.54, 1.807) is 0 Å². The van der Waals surface area contributed by atoms with Gasteiger partial charge in [-0.3, -0.25) is 9.59 Å². The SMILES string of the molecule is CC(CC1CC1)N1CCC(=O)NC2(CCCCC2)C1=O.